The molecule has 0 radical (unpaired) electrons. The van der Waals surface area contributed by atoms with Crippen LogP contribution in [-0.2, 0) is 23.9 Å². The largest absolute Gasteiger partial charge is 0.467 e. The first-order valence-corrected chi connectivity index (χ1v) is 5.82. The van der Waals surface area contributed by atoms with Gasteiger partial charge in [-0.05, 0) is 0 Å². The van der Waals surface area contributed by atoms with Gasteiger partial charge < -0.3 is 25.4 Å². The van der Waals surface area contributed by atoms with Crippen molar-refractivity contribution in [3.05, 3.63) is 0 Å². The Morgan fingerprint density at radius 2 is 1.89 bits per heavy atom. The first-order chi connectivity index (χ1) is 9.01. The molecule has 0 aliphatic carbocycles. The van der Waals surface area contributed by atoms with Crippen molar-refractivity contribution in [3.63, 3.8) is 0 Å². The molecule has 110 valence electrons. The van der Waals surface area contributed by atoms with E-state index >= 15 is 0 Å². The Morgan fingerprint density at radius 1 is 1.21 bits per heavy atom. The van der Waals surface area contributed by atoms with Gasteiger partial charge >= 0.3 is 5.97 Å². The second kappa shape index (κ2) is 10.3. The molecule has 0 aliphatic heterocycles. The maximum Gasteiger partial charge on any atom is 0.329 e. The number of carbonyl (C=O) groups is 3. The topological polar surface area (TPSA) is 106 Å². The third kappa shape index (κ3) is 8.97. The van der Waals surface area contributed by atoms with Crippen molar-refractivity contribution in [2.24, 2.45) is 0 Å². The summed E-state index contributed by atoms with van der Waals surface area (Å²) in [6, 6.07) is -0.811. The normalized spacial score (nSPS) is 11.5. The summed E-state index contributed by atoms with van der Waals surface area (Å²) < 4.78 is 9.32. The fourth-order valence-corrected chi connectivity index (χ4v) is 1.27. The summed E-state index contributed by atoms with van der Waals surface area (Å²) in [6.45, 7) is 2.31. The van der Waals surface area contributed by atoms with Crippen LogP contribution in [0.4, 0.5) is 0 Å². The molecule has 8 heteroatoms. The molecule has 8 nitrogen and oxygen atoms in total. The van der Waals surface area contributed by atoms with Crippen molar-refractivity contribution in [1.82, 2.24) is 16.0 Å². The summed E-state index contributed by atoms with van der Waals surface area (Å²) in [7, 11) is 2.77. The summed E-state index contributed by atoms with van der Waals surface area (Å²) in [4.78, 5) is 33.6. The fourth-order valence-electron chi connectivity index (χ4n) is 1.27. The molecule has 0 fully saturated rings. The van der Waals surface area contributed by atoms with Crippen molar-refractivity contribution in [3.8, 4) is 0 Å². The predicted octanol–water partition coefficient (Wildman–Crippen LogP) is -1.98. The van der Waals surface area contributed by atoms with Gasteiger partial charge in [0.1, 0.15) is 6.04 Å². The van der Waals surface area contributed by atoms with E-state index in [-0.39, 0.29) is 24.9 Å². The molecule has 3 N–H and O–H groups in total. The number of hydrogen-bond acceptors (Lipinski definition) is 6. The Labute approximate surface area is 112 Å². The maximum atomic E-state index is 11.3. The minimum absolute atomic E-state index is 0.0385. The van der Waals surface area contributed by atoms with E-state index in [2.05, 4.69) is 20.7 Å². The summed E-state index contributed by atoms with van der Waals surface area (Å²) in [6.07, 6.45) is 0. The number of methoxy groups -OCH3 is 2. The van der Waals surface area contributed by atoms with Crippen molar-refractivity contribution >= 4 is 17.8 Å². The van der Waals surface area contributed by atoms with Gasteiger partial charge in [0.2, 0.25) is 11.8 Å². The van der Waals surface area contributed by atoms with Crippen LogP contribution in [0, 0.1) is 0 Å². The Kier molecular flexibility index (Phi) is 9.37. The van der Waals surface area contributed by atoms with E-state index < -0.39 is 12.0 Å². The van der Waals surface area contributed by atoms with Crippen LogP contribution in [0.3, 0.4) is 0 Å². The van der Waals surface area contributed by atoms with Crippen LogP contribution >= 0.6 is 0 Å². The van der Waals surface area contributed by atoms with Crippen LogP contribution < -0.4 is 16.0 Å². The molecule has 0 aromatic rings. The second-order valence-electron chi connectivity index (χ2n) is 3.75. The van der Waals surface area contributed by atoms with Gasteiger partial charge in [-0.15, -0.1) is 0 Å². The molecular formula is C11H21N3O5. The summed E-state index contributed by atoms with van der Waals surface area (Å²) in [5.74, 6) is -1.13. The van der Waals surface area contributed by atoms with Gasteiger partial charge in [-0.25, -0.2) is 4.79 Å². The number of esters is 1. The van der Waals surface area contributed by atoms with E-state index in [9.17, 15) is 14.4 Å². The quantitative estimate of drug-likeness (QED) is 0.332. The number of amides is 2. The molecule has 19 heavy (non-hydrogen) atoms. The molecule has 0 bridgehead atoms. The Morgan fingerprint density at radius 3 is 2.42 bits per heavy atom. The van der Waals surface area contributed by atoms with Gasteiger partial charge in [-0.3, -0.25) is 9.59 Å². The number of rotatable bonds is 9. The Bertz CT molecular complexity index is 309. The van der Waals surface area contributed by atoms with E-state index in [0.29, 0.717) is 13.2 Å². The summed E-state index contributed by atoms with van der Waals surface area (Å²) in [5.41, 5.74) is 0. The highest BCUT2D eigenvalue weighted by atomic mass is 16.5. The zero-order valence-corrected chi connectivity index (χ0v) is 11.4. The Hall–Kier alpha value is -1.67. The van der Waals surface area contributed by atoms with Crippen LogP contribution in [0.2, 0.25) is 0 Å². The van der Waals surface area contributed by atoms with Gasteiger partial charge in [0.05, 0.1) is 20.3 Å². The van der Waals surface area contributed by atoms with Crippen molar-refractivity contribution in [1.29, 1.82) is 0 Å². The molecule has 0 spiro atoms. The molecule has 2 amide bonds. The average Bonchev–Trinajstić information content (AvgIpc) is 2.36. The van der Waals surface area contributed by atoms with Gasteiger partial charge in [-0.1, -0.05) is 0 Å². The molecule has 0 aromatic heterocycles. The van der Waals surface area contributed by atoms with Crippen molar-refractivity contribution in [2.75, 3.05) is 40.5 Å². The zero-order chi connectivity index (χ0) is 14.7. The smallest absolute Gasteiger partial charge is 0.329 e. The average molecular weight is 275 g/mol. The number of ether oxygens (including phenoxy) is 2. The van der Waals surface area contributed by atoms with Gasteiger partial charge in [0, 0.05) is 27.1 Å². The molecule has 0 saturated carbocycles. The lowest BCUT2D eigenvalue weighted by atomic mass is 10.3. The lowest BCUT2D eigenvalue weighted by molar-refractivity contribution is -0.144. The monoisotopic (exact) mass is 275 g/mol. The van der Waals surface area contributed by atoms with Crippen LogP contribution in [0.15, 0.2) is 0 Å². The molecule has 0 heterocycles. The highest BCUT2D eigenvalue weighted by Gasteiger charge is 2.19. The standard InChI is InChI=1S/C11H21N3O5/c1-8(15)14-9(11(17)19-3)6-12-7-10(16)13-4-5-18-2/h9,12H,4-7H2,1-3H3,(H,13,16)(H,14,15). The van der Waals surface area contributed by atoms with Crippen LogP contribution in [0.1, 0.15) is 6.92 Å². The van der Waals surface area contributed by atoms with E-state index in [1.165, 1.54) is 14.0 Å². The third-order valence-corrected chi connectivity index (χ3v) is 2.13. The van der Waals surface area contributed by atoms with Crippen LogP contribution in [0.5, 0.6) is 0 Å². The van der Waals surface area contributed by atoms with E-state index in [1.807, 2.05) is 0 Å². The third-order valence-electron chi connectivity index (χ3n) is 2.13. The summed E-state index contributed by atoms with van der Waals surface area (Å²) in [5, 5.41) is 7.80. The van der Waals surface area contributed by atoms with E-state index in [0.717, 1.165) is 0 Å². The lowest BCUT2D eigenvalue weighted by Gasteiger charge is -2.15. The molecular weight excluding hydrogens is 254 g/mol. The van der Waals surface area contributed by atoms with Gasteiger partial charge in [-0.2, -0.15) is 0 Å². The SMILES string of the molecule is COCCNC(=O)CNCC(NC(C)=O)C(=O)OC. The minimum Gasteiger partial charge on any atom is -0.467 e. The molecule has 0 aliphatic rings. The predicted molar refractivity (Wildman–Crippen MR) is 67.4 cm³/mol. The summed E-state index contributed by atoms with van der Waals surface area (Å²) >= 11 is 0. The van der Waals surface area contributed by atoms with Crippen LogP contribution in [0.25, 0.3) is 0 Å². The maximum absolute atomic E-state index is 11.3. The molecule has 1 atom stereocenters. The number of nitrogens with one attached hydrogen (secondary N) is 3. The number of hydrogen-bond donors (Lipinski definition) is 3. The fraction of sp³-hybridized carbons (Fsp3) is 0.727. The van der Waals surface area contributed by atoms with E-state index in [1.54, 1.807) is 7.11 Å². The van der Waals surface area contributed by atoms with Crippen LogP contribution in [-0.4, -0.2) is 64.3 Å². The lowest BCUT2D eigenvalue weighted by Crippen LogP contribution is -2.48. The second-order valence-corrected chi connectivity index (χ2v) is 3.75. The molecule has 1 unspecified atom stereocenters. The number of carbonyl (C=O) groups excluding carboxylic acids is 3. The first-order valence-electron chi connectivity index (χ1n) is 5.82. The highest BCUT2D eigenvalue weighted by molar-refractivity contribution is 5.83. The highest BCUT2D eigenvalue weighted by Crippen LogP contribution is 1.86. The van der Waals surface area contributed by atoms with Gasteiger partial charge in [0.15, 0.2) is 0 Å². The Balaban J connectivity index is 3.94. The molecule has 0 rings (SSSR count). The van der Waals surface area contributed by atoms with Crippen molar-refractivity contribution in [2.45, 2.75) is 13.0 Å². The zero-order valence-electron chi connectivity index (χ0n) is 11.4. The van der Waals surface area contributed by atoms with Gasteiger partial charge in [0.25, 0.3) is 0 Å². The molecule has 0 aromatic carbocycles. The van der Waals surface area contributed by atoms with Crippen molar-refractivity contribution < 1.29 is 23.9 Å². The molecule has 0 saturated heterocycles. The minimum atomic E-state index is -0.811. The van der Waals surface area contributed by atoms with E-state index in [4.69, 9.17) is 4.74 Å². The first kappa shape index (κ1) is 17.3.